The van der Waals surface area contributed by atoms with Crippen LogP contribution in [0.5, 0.6) is 0 Å². The van der Waals surface area contributed by atoms with Crippen LogP contribution >= 0.6 is 15.9 Å². The number of hydrogen-bond acceptors (Lipinski definition) is 3. The highest BCUT2D eigenvalue weighted by Gasteiger charge is 2.48. The van der Waals surface area contributed by atoms with Gasteiger partial charge < -0.3 is 9.84 Å². The molecule has 5 atom stereocenters. The van der Waals surface area contributed by atoms with Crippen LogP contribution in [0.1, 0.15) is 0 Å². The number of aliphatic hydroxyl groups excluding tert-OH is 1. The SMILES string of the molecule is C=CC(O)[C@@H]1C(Br)=C[C@@H]2COC(=O)[C@@H]2[C@H]1C=C. The predicted octanol–water partition coefficient (Wildman–Crippen LogP) is 2.03. The van der Waals surface area contributed by atoms with Crippen molar-refractivity contribution in [1.82, 2.24) is 0 Å². The van der Waals surface area contributed by atoms with Crippen LogP contribution in [0.2, 0.25) is 0 Å². The molecule has 3 nitrogen and oxygen atoms in total. The minimum absolute atomic E-state index is 0.0770. The third-order valence-electron chi connectivity index (χ3n) is 3.55. The highest BCUT2D eigenvalue weighted by atomic mass is 79.9. The Hall–Kier alpha value is -0.870. The second-order valence-corrected chi connectivity index (χ2v) is 5.35. The molecule has 0 radical (unpaired) electrons. The van der Waals surface area contributed by atoms with E-state index in [1.54, 1.807) is 6.08 Å². The maximum atomic E-state index is 11.7. The van der Waals surface area contributed by atoms with E-state index in [-0.39, 0.29) is 29.6 Å². The fourth-order valence-corrected chi connectivity index (χ4v) is 3.62. The maximum absolute atomic E-state index is 11.7. The highest BCUT2D eigenvalue weighted by molar-refractivity contribution is 9.11. The Morgan fingerprint density at radius 1 is 1.59 bits per heavy atom. The zero-order chi connectivity index (χ0) is 12.6. The van der Waals surface area contributed by atoms with Crippen molar-refractivity contribution in [2.24, 2.45) is 23.7 Å². The van der Waals surface area contributed by atoms with Crippen LogP contribution in [0.25, 0.3) is 0 Å². The molecule has 0 saturated carbocycles. The highest BCUT2D eigenvalue weighted by Crippen LogP contribution is 2.46. The molecule has 2 rings (SSSR count). The number of halogens is 1. The van der Waals surface area contributed by atoms with Gasteiger partial charge in [0.1, 0.15) is 0 Å². The Balaban J connectivity index is 2.39. The quantitative estimate of drug-likeness (QED) is 0.641. The molecule has 1 saturated heterocycles. The Morgan fingerprint density at radius 2 is 2.29 bits per heavy atom. The van der Waals surface area contributed by atoms with Crippen molar-refractivity contribution in [3.8, 4) is 0 Å². The van der Waals surface area contributed by atoms with Gasteiger partial charge in [-0.25, -0.2) is 0 Å². The minimum atomic E-state index is -0.696. The molecule has 4 heteroatoms. The zero-order valence-electron chi connectivity index (χ0n) is 9.38. The molecule has 1 N–H and O–H groups in total. The normalized spacial score (nSPS) is 37.8. The smallest absolute Gasteiger partial charge is 0.310 e. The summed E-state index contributed by atoms with van der Waals surface area (Å²) < 4.78 is 5.98. The lowest BCUT2D eigenvalue weighted by Crippen LogP contribution is -2.38. The van der Waals surface area contributed by atoms with Gasteiger partial charge in [-0.1, -0.05) is 34.2 Å². The summed E-state index contributed by atoms with van der Waals surface area (Å²) in [6, 6.07) is 0. The van der Waals surface area contributed by atoms with Crippen molar-refractivity contribution in [3.05, 3.63) is 35.9 Å². The van der Waals surface area contributed by atoms with E-state index in [0.29, 0.717) is 6.61 Å². The molecule has 0 spiro atoms. The topological polar surface area (TPSA) is 46.5 Å². The first-order valence-electron chi connectivity index (χ1n) is 5.57. The van der Waals surface area contributed by atoms with E-state index in [4.69, 9.17) is 4.74 Å². The van der Waals surface area contributed by atoms with Gasteiger partial charge in [0.15, 0.2) is 0 Å². The summed E-state index contributed by atoms with van der Waals surface area (Å²) in [4.78, 5) is 11.7. The van der Waals surface area contributed by atoms with Gasteiger partial charge in [0.05, 0.1) is 18.6 Å². The van der Waals surface area contributed by atoms with Gasteiger partial charge in [0.2, 0.25) is 0 Å². The van der Waals surface area contributed by atoms with Crippen molar-refractivity contribution >= 4 is 21.9 Å². The molecule has 1 aliphatic heterocycles. The summed E-state index contributed by atoms with van der Waals surface area (Å²) in [6.07, 6.45) is 4.48. The molecule has 0 bridgehead atoms. The van der Waals surface area contributed by atoms with Gasteiger partial charge in [-0.15, -0.1) is 13.2 Å². The van der Waals surface area contributed by atoms with E-state index in [9.17, 15) is 9.90 Å². The molecular formula is C13H15BrO3. The number of fused-ring (bicyclic) bond motifs is 1. The van der Waals surface area contributed by atoms with Gasteiger partial charge in [-0.3, -0.25) is 4.79 Å². The number of allylic oxidation sites excluding steroid dienone is 1. The molecule has 17 heavy (non-hydrogen) atoms. The standard InChI is InChI=1S/C13H15BrO3/c1-3-8-11-7(6-17-13(11)16)5-9(14)12(8)10(15)4-2/h3-5,7-8,10-12,15H,1-2,6H2/t7-,8-,10?,11+,12+/m1/s1. The largest absolute Gasteiger partial charge is 0.465 e. The van der Waals surface area contributed by atoms with E-state index in [0.717, 1.165) is 4.48 Å². The number of esters is 1. The summed E-state index contributed by atoms with van der Waals surface area (Å²) in [5, 5.41) is 9.97. The molecule has 92 valence electrons. The number of rotatable bonds is 3. The van der Waals surface area contributed by atoms with E-state index < -0.39 is 6.10 Å². The number of aliphatic hydroxyl groups is 1. The number of cyclic esters (lactones) is 1. The minimum Gasteiger partial charge on any atom is -0.465 e. The summed E-state index contributed by atoms with van der Waals surface area (Å²) in [5.74, 6) is -0.668. The lowest BCUT2D eigenvalue weighted by molar-refractivity contribution is -0.142. The van der Waals surface area contributed by atoms with Crippen LogP contribution in [0.15, 0.2) is 35.9 Å². The number of hydrogen-bond donors (Lipinski definition) is 1. The second-order valence-electron chi connectivity index (χ2n) is 4.44. The molecule has 1 heterocycles. The first-order valence-corrected chi connectivity index (χ1v) is 6.36. The first kappa shape index (κ1) is 12.6. The maximum Gasteiger partial charge on any atom is 0.310 e. The molecule has 0 amide bonds. The van der Waals surface area contributed by atoms with Crippen LogP contribution in [0.3, 0.4) is 0 Å². The number of carbonyl (C=O) groups is 1. The molecule has 1 fully saturated rings. The molecule has 0 aromatic rings. The van der Waals surface area contributed by atoms with Crippen LogP contribution in [0.4, 0.5) is 0 Å². The summed E-state index contributed by atoms with van der Waals surface area (Å²) in [7, 11) is 0. The molecule has 2 aliphatic rings. The average Bonchev–Trinajstić information content (AvgIpc) is 2.68. The van der Waals surface area contributed by atoms with Gasteiger partial charge in [0, 0.05) is 17.8 Å². The summed E-state index contributed by atoms with van der Waals surface area (Å²) in [6.45, 7) is 7.79. The van der Waals surface area contributed by atoms with Crippen LogP contribution in [0, 0.1) is 23.7 Å². The Labute approximate surface area is 109 Å². The number of carbonyl (C=O) groups excluding carboxylic acids is 1. The second kappa shape index (κ2) is 4.78. The Morgan fingerprint density at radius 3 is 2.88 bits per heavy atom. The van der Waals surface area contributed by atoms with Crippen LogP contribution in [-0.4, -0.2) is 23.8 Å². The molecule has 0 aromatic carbocycles. The van der Waals surface area contributed by atoms with E-state index in [1.165, 1.54) is 6.08 Å². The lowest BCUT2D eigenvalue weighted by Gasteiger charge is -2.35. The number of ether oxygens (including phenoxy) is 1. The van der Waals surface area contributed by atoms with E-state index in [2.05, 4.69) is 29.1 Å². The lowest BCUT2D eigenvalue weighted by atomic mass is 9.70. The van der Waals surface area contributed by atoms with Gasteiger partial charge >= 0.3 is 5.97 Å². The monoisotopic (exact) mass is 298 g/mol. The third kappa shape index (κ3) is 2.00. The Kier molecular flexibility index (Phi) is 3.54. The summed E-state index contributed by atoms with van der Waals surface area (Å²) >= 11 is 3.47. The van der Waals surface area contributed by atoms with Gasteiger partial charge in [0.25, 0.3) is 0 Å². The Bertz CT molecular complexity index is 388. The van der Waals surface area contributed by atoms with E-state index in [1.807, 2.05) is 6.08 Å². The van der Waals surface area contributed by atoms with Gasteiger partial charge in [-0.2, -0.15) is 0 Å². The van der Waals surface area contributed by atoms with Crippen molar-refractivity contribution < 1.29 is 14.6 Å². The zero-order valence-corrected chi connectivity index (χ0v) is 11.0. The fourth-order valence-electron chi connectivity index (χ4n) is 2.70. The molecular weight excluding hydrogens is 284 g/mol. The first-order chi connectivity index (χ1) is 8.10. The van der Waals surface area contributed by atoms with Crippen LogP contribution < -0.4 is 0 Å². The van der Waals surface area contributed by atoms with Crippen molar-refractivity contribution in [2.75, 3.05) is 6.61 Å². The van der Waals surface area contributed by atoms with Gasteiger partial charge in [-0.05, 0) is 4.48 Å². The molecule has 0 aromatic heterocycles. The van der Waals surface area contributed by atoms with Crippen LogP contribution in [-0.2, 0) is 9.53 Å². The predicted molar refractivity (Wildman–Crippen MR) is 68.3 cm³/mol. The molecule has 1 aliphatic carbocycles. The van der Waals surface area contributed by atoms with Crippen molar-refractivity contribution in [1.29, 1.82) is 0 Å². The fraction of sp³-hybridized carbons (Fsp3) is 0.462. The molecule has 1 unspecified atom stereocenters. The van der Waals surface area contributed by atoms with E-state index >= 15 is 0 Å². The third-order valence-corrected chi connectivity index (χ3v) is 4.35. The van der Waals surface area contributed by atoms with Crippen molar-refractivity contribution in [3.63, 3.8) is 0 Å². The van der Waals surface area contributed by atoms with Crippen molar-refractivity contribution in [2.45, 2.75) is 6.10 Å². The average molecular weight is 299 g/mol. The summed E-state index contributed by atoms with van der Waals surface area (Å²) in [5.41, 5.74) is 0.